The molecule has 2 N–H and O–H groups in total. The molecule has 2 rings (SSSR count). The summed E-state index contributed by atoms with van der Waals surface area (Å²) in [4.78, 5) is 18.9. The number of hydrogen-bond donors (Lipinski definition) is 2. The van der Waals surface area contributed by atoms with E-state index in [0.717, 1.165) is 0 Å². The summed E-state index contributed by atoms with van der Waals surface area (Å²) in [5.74, 6) is -3.65. The van der Waals surface area contributed by atoms with E-state index in [2.05, 4.69) is 0 Å². The molecule has 7 heteroatoms. The molecule has 0 aliphatic heterocycles. The van der Waals surface area contributed by atoms with Crippen LogP contribution in [0.2, 0.25) is 0 Å². The molecule has 2 aromatic carbocycles. The van der Waals surface area contributed by atoms with Gasteiger partial charge in [-0.15, -0.1) is 0 Å². The van der Waals surface area contributed by atoms with E-state index in [9.17, 15) is 8.42 Å². The van der Waals surface area contributed by atoms with Gasteiger partial charge in [-0.2, -0.15) is 0 Å². The van der Waals surface area contributed by atoms with Crippen molar-refractivity contribution in [3.05, 3.63) is 60.7 Å². The van der Waals surface area contributed by atoms with E-state index >= 15 is 0 Å². The lowest BCUT2D eigenvalue weighted by molar-refractivity contribution is -0.159. The predicted octanol–water partition coefficient (Wildman–Crippen LogP) is 1.67. The van der Waals surface area contributed by atoms with Gasteiger partial charge < -0.3 is 10.2 Å². The molecule has 0 aliphatic rings. The van der Waals surface area contributed by atoms with E-state index in [-0.39, 0.29) is 0 Å². The number of carboxylic acids is 2. The first-order valence-corrected chi connectivity index (χ1v) is 7.15. The molecule has 0 saturated carbocycles. The summed E-state index contributed by atoms with van der Waals surface area (Å²) in [7, 11) is -3.34. The molecule has 110 valence electrons. The van der Waals surface area contributed by atoms with Crippen LogP contribution in [-0.4, -0.2) is 30.6 Å². The molecule has 6 nitrogen and oxygen atoms in total. The monoisotopic (exact) mass is 308 g/mol. The van der Waals surface area contributed by atoms with Crippen molar-refractivity contribution in [2.24, 2.45) is 0 Å². The Morgan fingerprint density at radius 1 is 0.667 bits per heavy atom. The summed E-state index contributed by atoms with van der Waals surface area (Å²) in [5, 5.41) is 14.8. The number of benzene rings is 2. The van der Waals surface area contributed by atoms with E-state index in [0.29, 0.717) is 9.79 Å². The lowest BCUT2D eigenvalue weighted by Crippen LogP contribution is -2.09. The van der Waals surface area contributed by atoms with Crippen LogP contribution in [-0.2, 0) is 19.4 Å². The van der Waals surface area contributed by atoms with Gasteiger partial charge in [0, 0.05) is 0 Å². The van der Waals surface area contributed by atoms with Crippen molar-refractivity contribution in [3.8, 4) is 0 Å². The topological polar surface area (TPSA) is 109 Å². The maximum absolute atomic E-state index is 12.0. The second kappa shape index (κ2) is 7.20. The third-order valence-electron chi connectivity index (χ3n) is 2.29. The fraction of sp³-hybridized carbons (Fsp3) is 0. The lowest BCUT2D eigenvalue weighted by Gasteiger charge is -2.03. The maximum atomic E-state index is 12.0. The molecule has 0 aliphatic carbocycles. The van der Waals surface area contributed by atoms with E-state index in [1.807, 2.05) is 0 Å². The van der Waals surface area contributed by atoms with Crippen molar-refractivity contribution < 1.29 is 28.2 Å². The largest absolute Gasteiger partial charge is 0.473 e. The summed E-state index contributed by atoms with van der Waals surface area (Å²) >= 11 is 0. The zero-order valence-corrected chi connectivity index (χ0v) is 11.5. The molecule has 0 bridgehead atoms. The summed E-state index contributed by atoms with van der Waals surface area (Å²) in [6.45, 7) is 0. The Balaban J connectivity index is 0.000000315. The first-order valence-electron chi connectivity index (χ1n) is 5.67. The summed E-state index contributed by atoms with van der Waals surface area (Å²) < 4.78 is 24.1. The van der Waals surface area contributed by atoms with E-state index < -0.39 is 21.8 Å². The molecule has 0 unspecified atom stereocenters. The molecule has 0 radical (unpaired) electrons. The van der Waals surface area contributed by atoms with E-state index in [1.54, 1.807) is 60.7 Å². The average molecular weight is 308 g/mol. The molecule has 0 heterocycles. The number of rotatable bonds is 2. The van der Waals surface area contributed by atoms with E-state index in [4.69, 9.17) is 19.8 Å². The second-order valence-electron chi connectivity index (χ2n) is 3.74. The molecular formula is C14H12O6S. The van der Waals surface area contributed by atoms with Crippen molar-refractivity contribution in [3.63, 3.8) is 0 Å². The molecule has 0 atom stereocenters. The number of aliphatic carboxylic acids is 2. The van der Waals surface area contributed by atoms with Crippen LogP contribution >= 0.6 is 0 Å². The molecular weight excluding hydrogens is 296 g/mol. The van der Waals surface area contributed by atoms with Crippen molar-refractivity contribution in [2.45, 2.75) is 9.79 Å². The first kappa shape index (κ1) is 16.4. The van der Waals surface area contributed by atoms with E-state index in [1.165, 1.54) is 0 Å². The third-order valence-corrected chi connectivity index (χ3v) is 4.08. The van der Waals surface area contributed by atoms with Crippen LogP contribution in [0.25, 0.3) is 0 Å². The van der Waals surface area contributed by atoms with Gasteiger partial charge in [0.2, 0.25) is 9.84 Å². The minimum absolute atomic E-state index is 0.330. The van der Waals surface area contributed by atoms with Gasteiger partial charge in [0.15, 0.2) is 0 Å². The molecule has 0 amide bonds. The van der Waals surface area contributed by atoms with Gasteiger partial charge >= 0.3 is 11.9 Å². The number of carbonyl (C=O) groups is 2. The van der Waals surface area contributed by atoms with Gasteiger partial charge in [-0.3, -0.25) is 0 Å². The van der Waals surface area contributed by atoms with Crippen LogP contribution in [0.4, 0.5) is 0 Å². The van der Waals surface area contributed by atoms with Crippen molar-refractivity contribution in [1.82, 2.24) is 0 Å². The Labute approximate surface area is 121 Å². The molecule has 0 fully saturated rings. The molecule has 0 spiro atoms. The van der Waals surface area contributed by atoms with Crippen LogP contribution in [0, 0.1) is 0 Å². The Kier molecular flexibility index (Phi) is 5.62. The number of sulfone groups is 1. The van der Waals surface area contributed by atoms with Gasteiger partial charge in [-0.05, 0) is 24.3 Å². The SMILES string of the molecule is O=C(O)C(=O)O.O=S(=O)(c1ccccc1)c1ccccc1. The second-order valence-corrected chi connectivity index (χ2v) is 5.69. The maximum Gasteiger partial charge on any atom is 0.414 e. The Bertz CT molecular complexity index is 650. The van der Waals surface area contributed by atoms with Gasteiger partial charge in [-0.25, -0.2) is 18.0 Å². The minimum atomic E-state index is -3.34. The highest BCUT2D eigenvalue weighted by Gasteiger charge is 2.15. The quantitative estimate of drug-likeness (QED) is 0.817. The third kappa shape index (κ3) is 4.73. The first-order chi connectivity index (χ1) is 9.85. The standard InChI is InChI=1S/C12H10O2S.C2H2O4/c13-15(14,11-7-3-1-4-8-11)12-9-5-2-6-10-12;3-1(4)2(5)6/h1-10H;(H,3,4)(H,5,6). The zero-order chi connectivity index (χ0) is 15.9. The molecule has 0 saturated heterocycles. The van der Waals surface area contributed by atoms with Crippen LogP contribution in [0.5, 0.6) is 0 Å². The van der Waals surface area contributed by atoms with Gasteiger partial charge in [0.05, 0.1) is 9.79 Å². The number of hydrogen-bond acceptors (Lipinski definition) is 4. The van der Waals surface area contributed by atoms with Crippen molar-refractivity contribution in [1.29, 1.82) is 0 Å². The summed E-state index contributed by atoms with van der Waals surface area (Å²) in [5.41, 5.74) is 0. The Morgan fingerprint density at radius 2 is 0.952 bits per heavy atom. The van der Waals surface area contributed by atoms with Gasteiger partial charge in [0.1, 0.15) is 0 Å². The van der Waals surface area contributed by atoms with Crippen LogP contribution in [0.1, 0.15) is 0 Å². The lowest BCUT2D eigenvalue weighted by atomic mass is 10.4. The fourth-order valence-corrected chi connectivity index (χ4v) is 2.64. The molecule has 21 heavy (non-hydrogen) atoms. The van der Waals surface area contributed by atoms with Crippen molar-refractivity contribution in [2.75, 3.05) is 0 Å². The van der Waals surface area contributed by atoms with Crippen LogP contribution in [0.3, 0.4) is 0 Å². The highest BCUT2D eigenvalue weighted by atomic mass is 32.2. The molecule has 2 aromatic rings. The highest BCUT2D eigenvalue weighted by Crippen LogP contribution is 2.19. The average Bonchev–Trinajstić information content (AvgIpc) is 2.49. The van der Waals surface area contributed by atoms with Gasteiger partial charge in [-0.1, -0.05) is 36.4 Å². The Morgan fingerprint density at radius 3 is 1.19 bits per heavy atom. The van der Waals surface area contributed by atoms with Crippen LogP contribution < -0.4 is 0 Å². The highest BCUT2D eigenvalue weighted by molar-refractivity contribution is 7.91. The predicted molar refractivity (Wildman–Crippen MR) is 73.6 cm³/mol. The summed E-state index contributed by atoms with van der Waals surface area (Å²) in [6.07, 6.45) is 0. The Hall–Kier alpha value is -2.67. The molecule has 0 aromatic heterocycles. The summed E-state index contributed by atoms with van der Waals surface area (Å²) in [6, 6.07) is 16.9. The number of carboxylic acid groups (broad SMARTS) is 2. The van der Waals surface area contributed by atoms with Gasteiger partial charge in [0.25, 0.3) is 0 Å². The minimum Gasteiger partial charge on any atom is -0.473 e. The fourth-order valence-electron chi connectivity index (χ4n) is 1.34. The normalized spacial score (nSPS) is 10.1. The smallest absolute Gasteiger partial charge is 0.414 e. The van der Waals surface area contributed by atoms with Crippen molar-refractivity contribution >= 4 is 21.8 Å². The zero-order valence-electron chi connectivity index (χ0n) is 10.7. The van der Waals surface area contributed by atoms with Crippen LogP contribution in [0.15, 0.2) is 70.5 Å².